The number of carbonyl (C=O) groups excluding carboxylic acids is 1. The molecule has 0 unspecified atom stereocenters. The molecule has 0 N–H and O–H groups in total. The van der Waals surface area contributed by atoms with Gasteiger partial charge in [-0.1, -0.05) is 29.8 Å². The Hall–Kier alpha value is -1.71. The molecule has 0 amide bonds. The Labute approximate surface area is 124 Å². The molecule has 0 saturated heterocycles. The molecule has 0 aliphatic rings. The highest BCUT2D eigenvalue weighted by molar-refractivity contribution is 6.31. The fourth-order valence-electron chi connectivity index (χ4n) is 2.02. The van der Waals surface area contributed by atoms with Crippen molar-refractivity contribution >= 4 is 17.4 Å². The summed E-state index contributed by atoms with van der Waals surface area (Å²) in [6.07, 6.45) is 0. The van der Waals surface area contributed by atoms with Crippen molar-refractivity contribution in [1.82, 2.24) is 9.88 Å². The number of hydrogen-bond donors (Lipinski definition) is 0. The van der Waals surface area contributed by atoms with Gasteiger partial charge in [-0.2, -0.15) is 0 Å². The summed E-state index contributed by atoms with van der Waals surface area (Å²) in [5.41, 5.74) is 2.59. The number of aryl methyl sites for hydroxylation is 1. The molecule has 0 saturated carbocycles. The average Bonchev–Trinajstić information content (AvgIpc) is 2.38. The van der Waals surface area contributed by atoms with Crippen LogP contribution in [0.5, 0.6) is 0 Å². The Bertz CT molecular complexity index is 613. The fourth-order valence-corrected chi connectivity index (χ4v) is 2.21. The van der Waals surface area contributed by atoms with Gasteiger partial charge < -0.3 is 0 Å². The molecule has 1 aromatic carbocycles. The van der Waals surface area contributed by atoms with E-state index in [4.69, 9.17) is 11.6 Å². The summed E-state index contributed by atoms with van der Waals surface area (Å²) in [5.74, 6) is 0.0580. The van der Waals surface area contributed by atoms with Crippen LogP contribution < -0.4 is 0 Å². The third kappa shape index (κ3) is 4.15. The SMILES string of the molecule is Cc1cccc(CN(C)CC(=O)c2cccc(Cl)c2)n1. The molecule has 1 heterocycles. The molecule has 0 aliphatic heterocycles. The molecule has 0 bridgehead atoms. The van der Waals surface area contributed by atoms with E-state index in [1.807, 2.05) is 37.1 Å². The van der Waals surface area contributed by atoms with Gasteiger partial charge in [-0.3, -0.25) is 14.7 Å². The van der Waals surface area contributed by atoms with E-state index in [2.05, 4.69) is 4.98 Å². The molecular formula is C16H17ClN2O. The van der Waals surface area contributed by atoms with Gasteiger partial charge in [0.2, 0.25) is 0 Å². The number of pyridine rings is 1. The fraction of sp³-hybridized carbons (Fsp3) is 0.250. The Balaban J connectivity index is 1.97. The molecular weight excluding hydrogens is 272 g/mol. The first-order chi connectivity index (χ1) is 9.54. The maximum Gasteiger partial charge on any atom is 0.176 e. The third-order valence-electron chi connectivity index (χ3n) is 2.94. The highest BCUT2D eigenvalue weighted by atomic mass is 35.5. The predicted molar refractivity (Wildman–Crippen MR) is 81.1 cm³/mol. The van der Waals surface area contributed by atoms with E-state index in [-0.39, 0.29) is 5.78 Å². The van der Waals surface area contributed by atoms with Crippen LogP contribution in [0, 0.1) is 6.92 Å². The lowest BCUT2D eigenvalue weighted by Gasteiger charge is -2.15. The van der Waals surface area contributed by atoms with Crippen molar-refractivity contribution in [3.05, 3.63) is 64.4 Å². The van der Waals surface area contributed by atoms with E-state index in [1.54, 1.807) is 24.3 Å². The van der Waals surface area contributed by atoms with Crippen LogP contribution in [0.25, 0.3) is 0 Å². The lowest BCUT2D eigenvalue weighted by atomic mass is 10.1. The predicted octanol–water partition coefficient (Wildman–Crippen LogP) is 3.36. The highest BCUT2D eigenvalue weighted by Crippen LogP contribution is 2.12. The Kier molecular flexibility index (Phi) is 4.88. The van der Waals surface area contributed by atoms with Crippen molar-refractivity contribution in [2.45, 2.75) is 13.5 Å². The monoisotopic (exact) mass is 288 g/mol. The van der Waals surface area contributed by atoms with Gasteiger partial charge in [0.15, 0.2) is 5.78 Å². The minimum atomic E-state index is 0.0580. The number of carbonyl (C=O) groups is 1. The molecule has 2 aromatic rings. The lowest BCUT2D eigenvalue weighted by molar-refractivity contribution is 0.0942. The van der Waals surface area contributed by atoms with Crippen LogP contribution in [0.1, 0.15) is 21.7 Å². The molecule has 4 heteroatoms. The molecule has 0 atom stereocenters. The topological polar surface area (TPSA) is 33.2 Å². The van der Waals surface area contributed by atoms with Crippen molar-refractivity contribution in [1.29, 1.82) is 0 Å². The maximum absolute atomic E-state index is 12.1. The molecule has 2 rings (SSSR count). The summed E-state index contributed by atoms with van der Waals surface area (Å²) in [7, 11) is 1.91. The van der Waals surface area contributed by atoms with Crippen LogP contribution in [-0.2, 0) is 6.54 Å². The first-order valence-electron chi connectivity index (χ1n) is 6.44. The summed E-state index contributed by atoms with van der Waals surface area (Å²) >= 11 is 5.90. The van der Waals surface area contributed by atoms with Crippen LogP contribution in [-0.4, -0.2) is 29.3 Å². The second-order valence-electron chi connectivity index (χ2n) is 4.88. The van der Waals surface area contributed by atoms with E-state index in [9.17, 15) is 4.79 Å². The molecule has 0 fully saturated rings. The number of hydrogen-bond acceptors (Lipinski definition) is 3. The molecule has 0 radical (unpaired) electrons. The first-order valence-corrected chi connectivity index (χ1v) is 6.82. The Morgan fingerprint density at radius 3 is 2.70 bits per heavy atom. The number of ketones is 1. The Morgan fingerprint density at radius 2 is 2.00 bits per heavy atom. The lowest BCUT2D eigenvalue weighted by Crippen LogP contribution is -2.26. The van der Waals surface area contributed by atoms with Gasteiger partial charge >= 0.3 is 0 Å². The van der Waals surface area contributed by atoms with Crippen molar-refractivity contribution < 1.29 is 4.79 Å². The Morgan fingerprint density at radius 1 is 1.25 bits per heavy atom. The van der Waals surface area contributed by atoms with Crippen LogP contribution in [0.3, 0.4) is 0 Å². The molecule has 3 nitrogen and oxygen atoms in total. The highest BCUT2D eigenvalue weighted by Gasteiger charge is 2.10. The number of halogens is 1. The van der Waals surface area contributed by atoms with E-state index in [0.717, 1.165) is 11.4 Å². The summed E-state index contributed by atoms with van der Waals surface area (Å²) in [6, 6.07) is 12.9. The zero-order valence-corrected chi connectivity index (χ0v) is 12.4. The number of likely N-dealkylation sites (N-methyl/N-ethyl adjacent to an activating group) is 1. The largest absolute Gasteiger partial charge is 0.293 e. The number of aromatic nitrogens is 1. The van der Waals surface area contributed by atoms with Gasteiger partial charge in [0.1, 0.15) is 0 Å². The zero-order valence-electron chi connectivity index (χ0n) is 11.6. The maximum atomic E-state index is 12.1. The second kappa shape index (κ2) is 6.64. The van der Waals surface area contributed by atoms with Gasteiger partial charge in [-0.05, 0) is 38.2 Å². The van der Waals surface area contributed by atoms with Gasteiger partial charge in [-0.25, -0.2) is 0 Å². The standard InChI is InChI=1S/C16H17ClN2O/c1-12-5-3-8-15(18-12)10-19(2)11-16(20)13-6-4-7-14(17)9-13/h3-9H,10-11H2,1-2H3. The van der Waals surface area contributed by atoms with Crippen LogP contribution in [0.2, 0.25) is 5.02 Å². The van der Waals surface area contributed by atoms with Gasteiger partial charge in [0.25, 0.3) is 0 Å². The molecule has 104 valence electrons. The number of rotatable bonds is 5. The number of nitrogens with zero attached hydrogens (tertiary/aromatic N) is 2. The van der Waals surface area contributed by atoms with Gasteiger partial charge in [-0.15, -0.1) is 0 Å². The normalized spacial score (nSPS) is 10.8. The quantitative estimate of drug-likeness (QED) is 0.791. The first kappa shape index (κ1) is 14.7. The van der Waals surface area contributed by atoms with E-state index in [0.29, 0.717) is 23.7 Å². The van der Waals surface area contributed by atoms with Gasteiger partial charge in [0.05, 0.1) is 12.2 Å². The van der Waals surface area contributed by atoms with Crippen LogP contribution in [0.4, 0.5) is 0 Å². The summed E-state index contributed by atoms with van der Waals surface area (Å²) < 4.78 is 0. The van der Waals surface area contributed by atoms with E-state index in [1.165, 1.54) is 0 Å². The molecule has 0 spiro atoms. The summed E-state index contributed by atoms with van der Waals surface area (Å²) in [6.45, 7) is 2.95. The minimum absolute atomic E-state index is 0.0580. The second-order valence-corrected chi connectivity index (χ2v) is 5.31. The minimum Gasteiger partial charge on any atom is -0.293 e. The van der Waals surface area contributed by atoms with Crippen LogP contribution >= 0.6 is 11.6 Å². The smallest absolute Gasteiger partial charge is 0.176 e. The van der Waals surface area contributed by atoms with Crippen molar-refractivity contribution in [2.75, 3.05) is 13.6 Å². The molecule has 1 aromatic heterocycles. The van der Waals surface area contributed by atoms with Crippen molar-refractivity contribution in [3.8, 4) is 0 Å². The van der Waals surface area contributed by atoms with Crippen molar-refractivity contribution in [2.24, 2.45) is 0 Å². The third-order valence-corrected chi connectivity index (χ3v) is 3.17. The molecule has 0 aliphatic carbocycles. The number of benzene rings is 1. The van der Waals surface area contributed by atoms with E-state index >= 15 is 0 Å². The summed E-state index contributed by atoms with van der Waals surface area (Å²) in [5, 5.41) is 0.582. The zero-order chi connectivity index (χ0) is 14.5. The van der Waals surface area contributed by atoms with Crippen molar-refractivity contribution in [3.63, 3.8) is 0 Å². The van der Waals surface area contributed by atoms with E-state index < -0.39 is 0 Å². The average molecular weight is 289 g/mol. The van der Waals surface area contributed by atoms with Gasteiger partial charge in [0, 0.05) is 22.8 Å². The number of Topliss-reactive ketones (excluding diaryl/α,β-unsaturated/α-hetero) is 1. The van der Waals surface area contributed by atoms with Crippen LogP contribution in [0.15, 0.2) is 42.5 Å². The molecule has 20 heavy (non-hydrogen) atoms. The summed E-state index contributed by atoms with van der Waals surface area (Å²) in [4.78, 5) is 18.5.